The van der Waals surface area contributed by atoms with E-state index >= 15 is 0 Å². The maximum atomic E-state index is 13.1. The zero-order valence-corrected chi connectivity index (χ0v) is 22.8. The van der Waals surface area contributed by atoms with Gasteiger partial charge >= 0.3 is 17.9 Å². The summed E-state index contributed by atoms with van der Waals surface area (Å²) in [6.45, 7) is 4.03. The lowest BCUT2D eigenvalue weighted by Crippen LogP contribution is -2.42. The van der Waals surface area contributed by atoms with E-state index in [0.29, 0.717) is 19.6 Å². The van der Waals surface area contributed by atoms with Crippen molar-refractivity contribution in [1.82, 2.24) is 4.90 Å². The van der Waals surface area contributed by atoms with Crippen LogP contribution in [0.2, 0.25) is 0 Å². The summed E-state index contributed by atoms with van der Waals surface area (Å²) >= 11 is 0. The van der Waals surface area contributed by atoms with Crippen LogP contribution in [-0.4, -0.2) is 73.4 Å². The number of benzene rings is 3. The summed E-state index contributed by atoms with van der Waals surface area (Å²) in [5, 5.41) is 43.7. The SMILES string of the molecule is CC(O)CN(Cc1ccc(-c2ccc(F)cc2)cc1)Cc1ccc2c(c1)OCO2.O=C(O)CC(O)(CC(=O)O)C(=O)O. The van der Waals surface area contributed by atoms with E-state index in [1.807, 2.05) is 30.3 Å². The molecule has 224 valence electrons. The molecule has 1 aliphatic heterocycles. The quantitative estimate of drug-likeness (QED) is 0.211. The second kappa shape index (κ2) is 14.4. The minimum absolute atomic E-state index is 0.234. The zero-order chi connectivity index (χ0) is 30.9. The topological polar surface area (TPSA) is 174 Å². The molecule has 11 nitrogen and oxygen atoms in total. The Labute approximate surface area is 241 Å². The van der Waals surface area contributed by atoms with Gasteiger partial charge in [-0.3, -0.25) is 14.5 Å². The molecular formula is C30H32FNO10. The van der Waals surface area contributed by atoms with Crippen LogP contribution in [0.5, 0.6) is 11.5 Å². The van der Waals surface area contributed by atoms with Crippen molar-refractivity contribution in [1.29, 1.82) is 0 Å². The third-order valence-corrected chi connectivity index (χ3v) is 6.19. The predicted octanol–water partition coefficient (Wildman–Crippen LogP) is 3.36. The number of fused-ring (bicyclic) bond motifs is 1. The van der Waals surface area contributed by atoms with E-state index in [4.69, 9.17) is 29.9 Å². The van der Waals surface area contributed by atoms with Gasteiger partial charge in [0.25, 0.3) is 0 Å². The minimum atomic E-state index is -2.74. The summed E-state index contributed by atoms with van der Waals surface area (Å²) in [6.07, 6.45) is -2.72. The van der Waals surface area contributed by atoms with Crippen LogP contribution in [0.4, 0.5) is 4.39 Å². The van der Waals surface area contributed by atoms with Gasteiger partial charge in [0.15, 0.2) is 17.1 Å². The van der Waals surface area contributed by atoms with Gasteiger partial charge in [-0.15, -0.1) is 0 Å². The first-order valence-electron chi connectivity index (χ1n) is 12.9. The molecule has 0 fully saturated rings. The summed E-state index contributed by atoms with van der Waals surface area (Å²) in [4.78, 5) is 32.7. The number of rotatable bonds is 12. The number of halogens is 1. The summed E-state index contributed by atoms with van der Waals surface area (Å²) in [5.74, 6) is -3.72. The van der Waals surface area contributed by atoms with Gasteiger partial charge in [-0.1, -0.05) is 42.5 Å². The van der Waals surface area contributed by atoms with Crippen molar-refractivity contribution in [3.63, 3.8) is 0 Å². The largest absolute Gasteiger partial charge is 0.481 e. The number of hydrogen-bond donors (Lipinski definition) is 5. The fourth-order valence-electron chi connectivity index (χ4n) is 4.27. The zero-order valence-electron chi connectivity index (χ0n) is 22.8. The summed E-state index contributed by atoms with van der Waals surface area (Å²) in [5.41, 5.74) is 1.55. The van der Waals surface area contributed by atoms with Gasteiger partial charge in [0.1, 0.15) is 5.82 Å². The molecule has 0 saturated heterocycles. The fraction of sp³-hybridized carbons (Fsp3) is 0.300. The maximum absolute atomic E-state index is 13.1. The van der Waals surface area contributed by atoms with Gasteiger partial charge in [0, 0.05) is 19.6 Å². The predicted molar refractivity (Wildman–Crippen MR) is 147 cm³/mol. The number of carboxylic acid groups (broad SMARTS) is 3. The molecule has 12 heteroatoms. The molecule has 0 saturated carbocycles. The van der Waals surface area contributed by atoms with Crippen LogP contribution in [0.25, 0.3) is 11.1 Å². The molecule has 0 amide bonds. The molecule has 3 aromatic rings. The number of carboxylic acids is 3. The highest BCUT2D eigenvalue weighted by Gasteiger charge is 2.40. The lowest BCUT2D eigenvalue weighted by atomic mass is 9.96. The van der Waals surface area contributed by atoms with Gasteiger partial charge in [0.2, 0.25) is 6.79 Å². The van der Waals surface area contributed by atoms with Crippen molar-refractivity contribution in [2.75, 3.05) is 13.3 Å². The Morgan fingerprint density at radius 3 is 1.86 bits per heavy atom. The van der Waals surface area contributed by atoms with Crippen LogP contribution in [0.15, 0.2) is 66.7 Å². The van der Waals surface area contributed by atoms with Gasteiger partial charge in [-0.2, -0.15) is 0 Å². The summed E-state index contributed by atoms with van der Waals surface area (Å²) in [6, 6.07) is 20.7. The van der Waals surface area contributed by atoms with Crippen LogP contribution in [-0.2, 0) is 27.5 Å². The molecule has 3 aromatic carbocycles. The lowest BCUT2D eigenvalue weighted by molar-refractivity contribution is -0.170. The molecule has 1 heterocycles. The third-order valence-electron chi connectivity index (χ3n) is 6.19. The maximum Gasteiger partial charge on any atom is 0.336 e. The molecular weight excluding hydrogens is 553 g/mol. The Hall–Kier alpha value is -4.52. The van der Waals surface area contributed by atoms with Crippen molar-refractivity contribution < 1.29 is 53.8 Å². The standard InChI is InChI=1S/C24H24FNO3.C6H8O7/c1-17(27)13-26(15-19-4-11-23-24(12-19)29-16-28-23)14-18-2-5-20(6-3-18)21-7-9-22(25)10-8-21;7-3(8)1-6(13,5(11)12)2-4(9)10/h2-12,17,27H,13-16H2,1H3;13H,1-2H2,(H,7,8)(H,9,10)(H,11,12). The van der Waals surface area contributed by atoms with Crippen LogP contribution in [0.3, 0.4) is 0 Å². The number of nitrogens with zero attached hydrogens (tertiary/aromatic N) is 1. The Kier molecular flexibility index (Phi) is 11.0. The molecule has 0 aromatic heterocycles. The minimum Gasteiger partial charge on any atom is -0.481 e. The van der Waals surface area contributed by atoms with Crippen molar-refractivity contribution >= 4 is 17.9 Å². The van der Waals surface area contributed by atoms with E-state index in [1.54, 1.807) is 19.1 Å². The fourth-order valence-corrected chi connectivity index (χ4v) is 4.27. The van der Waals surface area contributed by atoms with Crippen molar-refractivity contribution in [3.8, 4) is 22.6 Å². The van der Waals surface area contributed by atoms with Crippen LogP contribution >= 0.6 is 0 Å². The van der Waals surface area contributed by atoms with Crippen molar-refractivity contribution in [2.45, 2.75) is 44.6 Å². The average molecular weight is 586 g/mol. The Morgan fingerprint density at radius 1 is 0.833 bits per heavy atom. The van der Waals surface area contributed by atoms with Gasteiger partial charge < -0.3 is 35.0 Å². The third kappa shape index (κ3) is 9.54. The molecule has 0 aliphatic carbocycles. The molecule has 1 atom stereocenters. The first-order chi connectivity index (χ1) is 19.8. The normalized spacial score (nSPS) is 12.8. The highest BCUT2D eigenvalue weighted by Crippen LogP contribution is 2.33. The molecule has 1 unspecified atom stereocenters. The highest BCUT2D eigenvalue weighted by atomic mass is 19.1. The number of carbonyl (C=O) groups is 3. The van der Waals surface area contributed by atoms with Crippen molar-refractivity contribution in [2.24, 2.45) is 0 Å². The van der Waals surface area contributed by atoms with E-state index < -0.39 is 42.5 Å². The molecule has 0 spiro atoms. The van der Waals surface area contributed by atoms with E-state index in [1.165, 1.54) is 12.1 Å². The first-order valence-corrected chi connectivity index (χ1v) is 12.9. The monoisotopic (exact) mass is 585 g/mol. The number of hydrogen-bond acceptors (Lipinski definition) is 8. The van der Waals surface area contributed by atoms with E-state index in [-0.39, 0.29) is 12.6 Å². The molecule has 4 rings (SSSR count). The Balaban J connectivity index is 0.000000316. The van der Waals surface area contributed by atoms with Crippen LogP contribution < -0.4 is 9.47 Å². The van der Waals surface area contributed by atoms with E-state index in [2.05, 4.69) is 17.0 Å². The smallest absolute Gasteiger partial charge is 0.336 e. The lowest BCUT2D eigenvalue weighted by Gasteiger charge is -2.24. The molecule has 0 bridgehead atoms. The molecule has 42 heavy (non-hydrogen) atoms. The number of aliphatic carboxylic acids is 3. The molecule has 0 radical (unpaired) electrons. The number of aliphatic hydroxyl groups is 2. The summed E-state index contributed by atoms with van der Waals surface area (Å²) < 4.78 is 24.0. The Bertz CT molecular complexity index is 1360. The van der Waals surface area contributed by atoms with E-state index in [0.717, 1.165) is 33.8 Å². The van der Waals surface area contributed by atoms with Gasteiger partial charge in [-0.05, 0) is 53.4 Å². The Morgan fingerprint density at radius 2 is 1.33 bits per heavy atom. The second-order valence-corrected chi connectivity index (χ2v) is 9.89. The van der Waals surface area contributed by atoms with Gasteiger partial charge in [0.05, 0.1) is 18.9 Å². The van der Waals surface area contributed by atoms with Crippen LogP contribution in [0, 0.1) is 5.82 Å². The summed E-state index contributed by atoms with van der Waals surface area (Å²) in [7, 11) is 0. The van der Waals surface area contributed by atoms with Crippen molar-refractivity contribution in [3.05, 3.63) is 83.7 Å². The van der Waals surface area contributed by atoms with Gasteiger partial charge in [-0.25, -0.2) is 9.18 Å². The average Bonchev–Trinajstić information content (AvgIpc) is 3.37. The van der Waals surface area contributed by atoms with E-state index in [9.17, 15) is 23.9 Å². The number of aliphatic hydroxyl groups excluding tert-OH is 1. The number of ether oxygens (including phenoxy) is 2. The highest BCUT2D eigenvalue weighted by molar-refractivity contribution is 5.88. The molecule has 5 N–H and O–H groups in total. The molecule has 1 aliphatic rings. The van der Waals surface area contributed by atoms with Crippen LogP contribution in [0.1, 0.15) is 30.9 Å². The first kappa shape index (κ1) is 32.0. The second-order valence-electron chi connectivity index (χ2n) is 9.89.